The minimum absolute atomic E-state index is 0.0180. The highest BCUT2D eigenvalue weighted by atomic mass is 16.3. The molecular formula is C20H24N4O2. The van der Waals surface area contributed by atoms with Gasteiger partial charge >= 0.3 is 0 Å². The van der Waals surface area contributed by atoms with Crippen molar-refractivity contribution < 1.29 is 9.90 Å². The number of nitrogens with one attached hydrogen (secondary N) is 1. The summed E-state index contributed by atoms with van der Waals surface area (Å²) >= 11 is 0. The normalized spacial score (nSPS) is 14.1. The first-order valence-electron chi connectivity index (χ1n) is 8.97. The number of carbonyl (C=O) groups excluding carboxylic acids is 1. The van der Waals surface area contributed by atoms with Gasteiger partial charge in [-0.1, -0.05) is 30.3 Å². The van der Waals surface area contributed by atoms with Gasteiger partial charge in [0.15, 0.2) is 0 Å². The van der Waals surface area contributed by atoms with Crippen LogP contribution in [0.2, 0.25) is 0 Å². The number of hydrogen-bond acceptors (Lipinski definition) is 5. The van der Waals surface area contributed by atoms with E-state index in [0.29, 0.717) is 26.1 Å². The highest BCUT2D eigenvalue weighted by Crippen LogP contribution is 2.20. The molecule has 6 nitrogen and oxygen atoms in total. The van der Waals surface area contributed by atoms with E-state index in [1.807, 2.05) is 41.3 Å². The summed E-state index contributed by atoms with van der Waals surface area (Å²) in [6.07, 6.45) is 7.17. The molecule has 2 heterocycles. The molecule has 3 rings (SSSR count). The van der Waals surface area contributed by atoms with Gasteiger partial charge in [-0.2, -0.15) is 0 Å². The Bertz CT molecular complexity index is 762. The third-order valence-electron chi connectivity index (χ3n) is 4.44. The Labute approximate surface area is 153 Å². The zero-order valence-electron chi connectivity index (χ0n) is 14.8. The number of anilines is 1. The predicted octanol–water partition coefficient (Wildman–Crippen LogP) is 1.91. The highest BCUT2D eigenvalue weighted by Gasteiger charge is 2.20. The molecule has 136 valence electrons. The number of aromatic nitrogens is 2. The van der Waals surface area contributed by atoms with Gasteiger partial charge in [0.1, 0.15) is 12.1 Å². The standard InChI is InChI=1S/C20H24N4O2/c25-14-4-11-21-20-17-9-12-24(13-10-18(17)22-15-23-20)19(26)8-7-16-5-2-1-3-6-16/h1-3,5-8,15,25H,4,9-14H2,(H,21,22,23)/b8-7+. The fourth-order valence-corrected chi connectivity index (χ4v) is 3.02. The van der Waals surface area contributed by atoms with Gasteiger partial charge in [-0.3, -0.25) is 4.79 Å². The molecule has 0 atom stereocenters. The molecule has 0 saturated carbocycles. The average Bonchev–Trinajstić information content (AvgIpc) is 2.90. The van der Waals surface area contributed by atoms with Crippen LogP contribution < -0.4 is 5.32 Å². The van der Waals surface area contributed by atoms with E-state index in [-0.39, 0.29) is 12.5 Å². The first kappa shape index (κ1) is 18.1. The Morgan fingerprint density at radius 3 is 2.81 bits per heavy atom. The predicted molar refractivity (Wildman–Crippen MR) is 102 cm³/mol. The molecular weight excluding hydrogens is 328 g/mol. The zero-order chi connectivity index (χ0) is 18.2. The maximum Gasteiger partial charge on any atom is 0.246 e. The number of rotatable bonds is 6. The maximum atomic E-state index is 12.5. The van der Waals surface area contributed by atoms with Crippen LogP contribution in [0.3, 0.4) is 0 Å². The van der Waals surface area contributed by atoms with Crippen LogP contribution in [0.1, 0.15) is 23.2 Å². The molecule has 1 aromatic carbocycles. The van der Waals surface area contributed by atoms with Crippen molar-refractivity contribution in [3.8, 4) is 0 Å². The third-order valence-corrected chi connectivity index (χ3v) is 4.44. The van der Waals surface area contributed by atoms with Gasteiger partial charge in [0.2, 0.25) is 5.91 Å². The minimum atomic E-state index is 0.0180. The van der Waals surface area contributed by atoms with Crippen LogP contribution >= 0.6 is 0 Å². The molecule has 1 aromatic heterocycles. The summed E-state index contributed by atoms with van der Waals surface area (Å²) in [5, 5.41) is 12.2. The van der Waals surface area contributed by atoms with Gasteiger partial charge in [0.25, 0.3) is 0 Å². The average molecular weight is 352 g/mol. The molecule has 26 heavy (non-hydrogen) atoms. The first-order chi connectivity index (χ1) is 12.8. The lowest BCUT2D eigenvalue weighted by molar-refractivity contribution is -0.125. The third kappa shape index (κ3) is 4.67. The molecule has 2 N–H and O–H groups in total. The van der Waals surface area contributed by atoms with Crippen molar-refractivity contribution in [1.29, 1.82) is 0 Å². The first-order valence-corrected chi connectivity index (χ1v) is 8.97. The highest BCUT2D eigenvalue weighted by molar-refractivity contribution is 5.91. The smallest absolute Gasteiger partial charge is 0.246 e. The van der Waals surface area contributed by atoms with Crippen molar-refractivity contribution >= 4 is 17.8 Å². The molecule has 1 aliphatic rings. The molecule has 0 spiro atoms. The Morgan fingerprint density at radius 2 is 2.00 bits per heavy atom. The molecule has 1 amide bonds. The van der Waals surface area contributed by atoms with Crippen molar-refractivity contribution in [1.82, 2.24) is 14.9 Å². The van der Waals surface area contributed by atoms with E-state index in [9.17, 15) is 4.79 Å². The van der Waals surface area contributed by atoms with Crippen molar-refractivity contribution in [3.63, 3.8) is 0 Å². The van der Waals surface area contributed by atoms with Crippen LogP contribution in [0, 0.1) is 0 Å². The number of fused-ring (bicyclic) bond motifs is 1. The summed E-state index contributed by atoms with van der Waals surface area (Å²) in [5.74, 6) is 0.835. The fraction of sp³-hybridized carbons (Fsp3) is 0.350. The Kier molecular flexibility index (Phi) is 6.33. The molecule has 6 heteroatoms. The van der Waals surface area contributed by atoms with E-state index in [0.717, 1.165) is 35.5 Å². The second-order valence-electron chi connectivity index (χ2n) is 6.22. The van der Waals surface area contributed by atoms with Crippen molar-refractivity contribution in [3.05, 3.63) is 59.6 Å². The summed E-state index contributed by atoms with van der Waals surface area (Å²) in [6.45, 7) is 2.11. The number of hydrogen-bond donors (Lipinski definition) is 2. The summed E-state index contributed by atoms with van der Waals surface area (Å²) < 4.78 is 0. The van der Waals surface area contributed by atoms with Gasteiger partial charge in [-0.15, -0.1) is 0 Å². The van der Waals surface area contributed by atoms with E-state index < -0.39 is 0 Å². The Morgan fingerprint density at radius 1 is 1.19 bits per heavy atom. The number of carbonyl (C=O) groups is 1. The van der Waals surface area contributed by atoms with Crippen LogP contribution in [0.25, 0.3) is 6.08 Å². The largest absolute Gasteiger partial charge is 0.396 e. The molecule has 0 fully saturated rings. The van der Waals surface area contributed by atoms with E-state index >= 15 is 0 Å². The van der Waals surface area contributed by atoms with E-state index in [1.54, 1.807) is 12.4 Å². The number of benzene rings is 1. The van der Waals surface area contributed by atoms with E-state index in [4.69, 9.17) is 5.11 Å². The molecule has 2 aromatic rings. The van der Waals surface area contributed by atoms with Crippen molar-refractivity contribution in [2.24, 2.45) is 0 Å². The number of nitrogens with zero attached hydrogens (tertiary/aromatic N) is 3. The molecule has 0 unspecified atom stereocenters. The quantitative estimate of drug-likeness (QED) is 0.613. The number of aliphatic hydroxyl groups excluding tert-OH is 1. The lowest BCUT2D eigenvalue weighted by Crippen LogP contribution is -2.31. The second kappa shape index (κ2) is 9.10. The summed E-state index contributed by atoms with van der Waals surface area (Å²) in [7, 11) is 0. The fourth-order valence-electron chi connectivity index (χ4n) is 3.02. The monoisotopic (exact) mass is 352 g/mol. The second-order valence-corrected chi connectivity index (χ2v) is 6.22. The van der Waals surface area contributed by atoms with Crippen molar-refractivity contribution in [2.75, 3.05) is 31.6 Å². The minimum Gasteiger partial charge on any atom is -0.396 e. The van der Waals surface area contributed by atoms with Gasteiger partial charge < -0.3 is 15.3 Å². The Balaban J connectivity index is 1.65. The van der Waals surface area contributed by atoms with E-state index in [1.165, 1.54) is 0 Å². The van der Waals surface area contributed by atoms with Crippen LogP contribution in [-0.2, 0) is 17.6 Å². The summed E-state index contributed by atoms with van der Waals surface area (Å²) in [6, 6.07) is 9.82. The van der Waals surface area contributed by atoms with E-state index in [2.05, 4.69) is 15.3 Å². The van der Waals surface area contributed by atoms with Crippen molar-refractivity contribution in [2.45, 2.75) is 19.3 Å². The van der Waals surface area contributed by atoms with Crippen LogP contribution in [0.15, 0.2) is 42.7 Å². The molecule has 0 aliphatic carbocycles. The van der Waals surface area contributed by atoms with Gasteiger partial charge in [-0.05, 0) is 24.5 Å². The SMILES string of the molecule is O=C(/C=C/c1ccccc1)N1CCc2ncnc(NCCCO)c2CC1. The van der Waals surface area contributed by atoms with Crippen LogP contribution in [0.5, 0.6) is 0 Å². The molecule has 0 saturated heterocycles. The number of amides is 1. The number of aliphatic hydroxyl groups is 1. The van der Waals surface area contributed by atoms with Gasteiger partial charge in [-0.25, -0.2) is 9.97 Å². The Hall–Kier alpha value is -2.73. The van der Waals surface area contributed by atoms with Crippen LogP contribution in [0.4, 0.5) is 5.82 Å². The summed E-state index contributed by atoms with van der Waals surface area (Å²) in [4.78, 5) is 23.1. The lowest BCUT2D eigenvalue weighted by Gasteiger charge is -2.18. The lowest BCUT2D eigenvalue weighted by atomic mass is 10.1. The zero-order valence-corrected chi connectivity index (χ0v) is 14.8. The van der Waals surface area contributed by atoms with Gasteiger partial charge in [0.05, 0.1) is 5.69 Å². The topological polar surface area (TPSA) is 78.4 Å². The molecule has 1 aliphatic heterocycles. The molecule has 0 radical (unpaired) electrons. The van der Waals surface area contributed by atoms with Crippen LogP contribution in [-0.4, -0.2) is 52.1 Å². The summed E-state index contributed by atoms with van der Waals surface area (Å²) in [5.41, 5.74) is 3.09. The van der Waals surface area contributed by atoms with Gasteiger partial charge in [0, 0.05) is 44.3 Å². The molecule has 0 bridgehead atoms. The maximum absolute atomic E-state index is 12.5.